The van der Waals surface area contributed by atoms with Crippen LogP contribution in [0.4, 0.5) is 0 Å². The molecule has 0 unspecified atom stereocenters. The number of imidazole rings is 1. The van der Waals surface area contributed by atoms with E-state index in [-0.39, 0.29) is 0 Å². The van der Waals surface area contributed by atoms with Crippen molar-refractivity contribution in [1.82, 2.24) is 19.7 Å². The molecule has 0 saturated carbocycles. The third-order valence-corrected chi connectivity index (χ3v) is 5.52. The number of hydrogen-bond acceptors (Lipinski definition) is 4. The number of nitriles is 1. The molecule has 0 aliphatic rings. The van der Waals surface area contributed by atoms with Crippen molar-refractivity contribution in [3.8, 4) is 28.8 Å². The fourth-order valence-electron chi connectivity index (χ4n) is 3.83. The molecule has 0 radical (unpaired) electrons. The van der Waals surface area contributed by atoms with E-state index in [0.717, 1.165) is 44.9 Å². The van der Waals surface area contributed by atoms with Gasteiger partial charge in [-0.25, -0.2) is 9.67 Å². The number of aromatic nitrogens is 4. The number of aryl methyl sites for hydroxylation is 1. The maximum absolute atomic E-state index is 9.95. The number of allylic oxidation sites excluding steroid dienone is 1. The summed E-state index contributed by atoms with van der Waals surface area (Å²) in [6, 6.07) is 25.8. The molecule has 160 valence electrons. The second-order valence-corrected chi connectivity index (χ2v) is 7.67. The van der Waals surface area contributed by atoms with E-state index in [9.17, 15) is 5.26 Å². The monoisotopic (exact) mass is 431 g/mol. The number of rotatable bonds is 5. The average molecular weight is 431 g/mol. The van der Waals surface area contributed by atoms with Crippen LogP contribution in [0.2, 0.25) is 0 Å². The van der Waals surface area contributed by atoms with E-state index in [1.807, 2.05) is 96.7 Å². The molecule has 2 heterocycles. The van der Waals surface area contributed by atoms with Crippen LogP contribution >= 0.6 is 0 Å². The van der Waals surface area contributed by atoms with Gasteiger partial charge in [-0.05, 0) is 61.0 Å². The molecule has 5 aromatic rings. The zero-order chi connectivity index (χ0) is 22.8. The van der Waals surface area contributed by atoms with Crippen molar-refractivity contribution in [3.63, 3.8) is 0 Å². The molecule has 0 aliphatic heterocycles. The molecule has 0 spiro atoms. The maximum Gasteiger partial charge on any atom is 0.149 e. The molecule has 0 bridgehead atoms. The lowest BCUT2D eigenvalue weighted by Crippen LogP contribution is -1.95. The molecule has 33 heavy (non-hydrogen) atoms. The quantitative estimate of drug-likeness (QED) is 0.357. The van der Waals surface area contributed by atoms with Crippen molar-refractivity contribution < 1.29 is 4.74 Å². The summed E-state index contributed by atoms with van der Waals surface area (Å²) in [4.78, 5) is 7.84. The van der Waals surface area contributed by atoms with E-state index in [4.69, 9.17) is 9.84 Å². The highest BCUT2D eigenvalue weighted by Crippen LogP contribution is 2.31. The number of para-hydroxylation sites is 3. The molecule has 0 atom stereocenters. The number of benzene rings is 3. The molecule has 6 heteroatoms. The Bertz CT molecular complexity index is 1490. The standard InChI is InChI=1S/C27H21N5O/c1-18-14-22(33-2)12-13-23(18)26-20(17-32(31-26)21-8-4-3-5-9-21)15-19(16-28)27-29-24-10-6-7-11-25(24)30-27/h3-15,17H,1-2H3,(H,29,30)/b19-15-. The number of nitrogens with zero attached hydrogens (tertiary/aromatic N) is 4. The minimum atomic E-state index is 0.436. The van der Waals surface area contributed by atoms with Crippen molar-refractivity contribution in [2.24, 2.45) is 0 Å². The first-order chi connectivity index (χ1) is 16.2. The van der Waals surface area contributed by atoms with Crippen LogP contribution in [0.5, 0.6) is 5.75 Å². The first-order valence-electron chi connectivity index (χ1n) is 10.5. The van der Waals surface area contributed by atoms with E-state index in [1.165, 1.54) is 0 Å². The van der Waals surface area contributed by atoms with Crippen LogP contribution in [0.25, 0.3) is 39.6 Å². The zero-order valence-corrected chi connectivity index (χ0v) is 18.3. The second kappa shape index (κ2) is 8.48. The van der Waals surface area contributed by atoms with Crippen molar-refractivity contribution >= 4 is 22.7 Å². The Morgan fingerprint density at radius 2 is 1.85 bits per heavy atom. The third kappa shape index (κ3) is 3.88. The lowest BCUT2D eigenvalue weighted by molar-refractivity contribution is 0.414. The van der Waals surface area contributed by atoms with Crippen LogP contribution in [0.3, 0.4) is 0 Å². The number of hydrogen-bond donors (Lipinski definition) is 1. The number of methoxy groups -OCH3 is 1. The van der Waals surface area contributed by atoms with Gasteiger partial charge in [0, 0.05) is 17.3 Å². The normalized spacial score (nSPS) is 11.5. The smallest absolute Gasteiger partial charge is 0.149 e. The van der Waals surface area contributed by atoms with E-state index < -0.39 is 0 Å². The third-order valence-electron chi connectivity index (χ3n) is 5.52. The van der Waals surface area contributed by atoms with Crippen molar-refractivity contribution in [2.45, 2.75) is 6.92 Å². The van der Waals surface area contributed by atoms with Gasteiger partial charge in [-0.1, -0.05) is 30.3 Å². The van der Waals surface area contributed by atoms with Crippen LogP contribution in [-0.2, 0) is 0 Å². The minimum absolute atomic E-state index is 0.436. The van der Waals surface area contributed by atoms with Gasteiger partial charge in [0.25, 0.3) is 0 Å². The largest absolute Gasteiger partial charge is 0.497 e. The Hall–Kier alpha value is -4.63. The number of ether oxygens (including phenoxy) is 1. The van der Waals surface area contributed by atoms with Gasteiger partial charge in [0.05, 0.1) is 29.4 Å². The van der Waals surface area contributed by atoms with Crippen molar-refractivity contribution in [3.05, 3.63) is 95.9 Å². The lowest BCUT2D eigenvalue weighted by atomic mass is 10.0. The van der Waals surface area contributed by atoms with E-state index in [2.05, 4.69) is 16.0 Å². The van der Waals surface area contributed by atoms with Gasteiger partial charge < -0.3 is 9.72 Å². The summed E-state index contributed by atoms with van der Waals surface area (Å²) in [5, 5.41) is 14.8. The van der Waals surface area contributed by atoms with E-state index in [1.54, 1.807) is 7.11 Å². The first kappa shape index (κ1) is 20.3. The Balaban J connectivity index is 1.68. The topological polar surface area (TPSA) is 79.5 Å². The number of aromatic amines is 1. The number of fused-ring (bicyclic) bond motifs is 1. The molecular formula is C27H21N5O. The van der Waals surface area contributed by atoms with Crippen molar-refractivity contribution in [1.29, 1.82) is 5.26 Å². The van der Waals surface area contributed by atoms with Crippen LogP contribution in [0.1, 0.15) is 17.0 Å². The molecule has 0 amide bonds. The summed E-state index contributed by atoms with van der Waals surface area (Å²) in [5.41, 5.74) is 6.69. The van der Waals surface area contributed by atoms with E-state index >= 15 is 0 Å². The maximum atomic E-state index is 9.95. The summed E-state index contributed by atoms with van der Waals surface area (Å²) in [5.74, 6) is 1.32. The van der Waals surface area contributed by atoms with E-state index in [0.29, 0.717) is 11.4 Å². The van der Waals surface area contributed by atoms with Crippen LogP contribution < -0.4 is 4.74 Å². The SMILES string of the molecule is COc1ccc(-c2nn(-c3ccccc3)cc2/C=C(/C#N)c2nc3ccccc3[nH]2)c(C)c1. The number of nitrogens with one attached hydrogen (secondary N) is 1. The highest BCUT2D eigenvalue weighted by atomic mass is 16.5. The minimum Gasteiger partial charge on any atom is -0.497 e. The molecule has 0 saturated heterocycles. The summed E-state index contributed by atoms with van der Waals surface area (Å²) >= 11 is 0. The van der Waals surface area contributed by atoms with Gasteiger partial charge in [-0.2, -0.15) is 10.4 Å². The summed E-state index contributed by atoms with van der Waals surface area (Å²) in [6.45, 7) is 2.03. The van der Waals surface area contributed by atoms with Crippen LogP contribution in [0.15, 0.2) is 79.0 Å². The molecule has 2 aromatic heterocycles. The van der Waals surface area contributed by atoms with Crippen LogP contribution in [-0.4, -0.2) is 26.9 Å². The number of H-pyrrole nitrogens is 1. The fraction of sp³-hybridized carbons (Fsp3) is 0.0741. The average Bonchev–Trinajstić information content (AvgIpc) is 3.47. The molecule has 0 fully saturated rings. The highest BCUT2D eigenvalue weighted by Gasteiger charge is 2.16. The first-order valence-corrected chi connectivity index (χ1v) is 10.5. The molecule has 0 aliphatic carbocycles. The molecule has 6 nitrogen and oxygen atoms in total. The van der Waals surface area contributed by atoms with Gasteiger partial charge in [-0.15, -0.1) is 0 Å². The summed E-state index contributed by atoms with van der Waals surface area (Å²) < 4.78 is 7.20. The molecule has 5 rings (SSSR count). The Morgan fingerprint density at radius 3 is 2.58 bits per heavy atom. The van der Waals surface area contributed by atoms with Gasteiger partial charge in [0.15, 0.2) is 0 Å². The van der Waals surface area contributed by atoms with Gasteiger partial charge in [-0.3, -0.25) is 0 Å². The van der Waals surface area contributed by atoms with Gasteiger partial charge in [0.2, 0.25) is 0 Å². The zero-order valence-electron chi connectivity index (χ0n) is 18.3. The van der Waals surface area contributed by atoms with Crippen molar-refractivity contribution in [2.75, 3.05) is 7.11 Å². The summed E-state index contributed by atoms with van der Waals surface area (Å²) in [7, 11) is 1.65. The summed E-state index contributed by atoms with van der Waals surface area (Å²) in [6.07, 6.45) is 3.78. The second-order valence-electron chi connectivity index (χ2n) is 7.67. The fourth-order valence-corrected chi connectivity index (χ4v) is 3.83. The van der Waals surface area contributed by atoms with Crippen LogP contribution in [0, 0.1) is 18.3 Å². The lowest BCUT2D eigenvalue weighted by Gasteiger charge is -2.07. The Labute approximate surface area is 191 Å². The molecule has 1 N–H and O–H groups in total. The molecular weight excluding hydrogens is 410 g/mol. The Kier molecular flexibility index (Phi) is 5.21. The Morgan fingerprint density at radius 1 is 1.06 bits per heavy atom. The molecule has 3 aromatic carbocycles. The predicted octanol–water partition coefficient (Wildman–Crippen LogP) is 5.80. The highest BCUT2D eigenvalue weighted by molar-refractivity contribution is 5.92. The predicted molar refractivity (Wildman–Crippen MR) is 130 cm³/mol. The van der Waals surface area contributed by atoms with Gasteiger partial charge >= 0.3 is 0 Å². The van der Waals surface area contributed by atoms with Gasteiger partial charge in [0.1, 0.15) is 23.3 Å².